The van der Waals surface area contributed by atoms with E-state index in [0.717, 1.165) is 10.0 Å². The summed E-state index contributed by atoms with van der Waals surface area (Å²) in [5.41, 5.74) is 6.10. The first-order valence-electron chi connectivity index (χ1n) is 5.55. The summed E-state index contributed by atoms with van der Waals surface area (Å²) in [4.78, 5) is 22.5. The van der Waals surface area contributed by atoms with E-state index in [4.69, 9.17) is 5.73 Å². The highest BCUT2D eigenvalue weighted by Gasteiger charge is 2.12. The molecule has 0 spiro atoms. The molecule has 0 radical (unpaired) electrons. The van der Waals surface area contributed by atoms with Crippen molar-refractivity contribution in [2.75, 3.05) is 13.1 Å². The highest BCUT2D eigenvalue weighted by atomic mass is 79.9. The Kier molecular flexibility index (Phi) is 5.80. The fraction of sp³-hybridized carbons (Fsp3) is 0.333. The Morgan fingerprint density at radius 2 is 2.00 bits per heavy atom. The second kappa shape index (κ2) is 7.13. The highest BCUT2D eigenvalue weighted by molar-refractivity contribution is 9.10. The van der Waals surface area contributed by atoms with Gasteiger partial charge < -0.3 is 16.4 Å². The fourth-order valence-electron chi connectivity index (χ4n) is 1.45. The predicted octanol–water partition coefficient (Wildman–Crippen LogP) is 0.701. The molecule has 18 heavy (non-hydrogen) atoms. The lowest BCUT2D eigenvalue weighted by atomic mass is 10.1. The van der Waals surface area contributed by atoms with E-state index in [9.17, 15) is 9.59 Å². The molecule has 0 aliphatic carbocycles. The van der Waals surface area contributed by atoms with Crippen LogP contribution in [0.5, 0.6) is 0 Å². The lowest BCUT2D eigenvalue weighted by Gasteiger charge is -2.16. The number of nitrogens with one attached hydrogen (secondary N) is 2. The van der Waals surface area contributed by atoms with E-state index in [1.807, 2.05) is 31.2 Å². The van der Waals surface area contributed by atoms with Crippen LogP contribution in [0.1, 0.15) is 18.5 Å². The molecule has 0 aliphatic rings. The molecule has 0 aliphatic heterocycles. The average Bonchev–Trinajstić information content (AvgIpc) is 2.36. The van der Waals surface area contributed by atoms with Crippen LogP contribution in [0.25, 0.3) is 0 Å². The number of amides is 2. The number of hydrogen-bond acceptors (Lipinski definition) is 3. The van der Waals surface area contributed by atoms with Crippen LogP contribution in [-0.4, -0.2) is 24.9 Å². The monoisotopic (exact) mass is 313 g/mol. The molecule has 98 valence electrons. The summed E-state index contributed by atoms with van der Waals surface area (Å²) in [6.45, 7) is 1.70. The van der Waals surface area contributed by atoms with E-state index in [-0.39, 0.29) is 30.9 Å². The molecule has 0 saturated heterocycles. The first kappa shape index (κ1) is 14.7. The summed E-state index contributed by atoms with van der Waals surface area (Å²) in [5, 5.41) is 5.21. The maximum absolute atomic E-state index is 11.6. The van der Waals surface area contributed by atoms with Gasteiger partial charge in [0, 0.05) is 4.47 Å². The topological polar surface area (TPSA) is 84.2 Å². The van der Waals surface area contributed by atoms with Gasteiger partial charge in [-0.3, -0.25) is 9.59 Å². The zero-order valence-electron chi connectivity index (χ0n) is 10.1. The van der Waals surface area contributed by atoms with Crippen molar-refractivity contribution in [2.24, 2.45) is 5.73 Å². The first-order chi connectivity index (χ1) is 8.54. The van der Waals surface area contributed by atoms with Crippen LogP contribution in [0.4, 0.5) is 0 Å². The van der Waals surface area contributed by atoms with Gasteiger partial charge in [-0.25, -0.2) is 0 Å². The van der Waals surface area contributed by atoms with Crippen LogP contribution >= 0.6 is 15.9 Å². The molecule has 1 aromatic carbocycles. The van der Waals surface area contributed by atoms with Gasteiger partial charge in [0.1, 0.15) is 0 Å². The molecule has 0 saturated carbocycles. The van der Waals surface area contributed by atoms with Gasteiger partial charge in [0.2, 0.25) is 11.8 Å². The molecular formula is C12H16BrN3O2. The maximum Gasteiger partial charge on any atom is 0.239 e. The van der Waals surface area contributed by atoms with E-state index >= 15 is 0 Å². The first-order valence-corrected chi connectivity index (χ1v) is 6.34. The van der Waals surface area contributed by atoms with Gasteiger partial charge in [0.05, 0.1) is 19.1 Å². The molecule has 1 aromatic rings. The van der Waals surface area contributed by atoms with Crippen molar-refractivity contribution in [1.29, 1.82) is 0 Å². The predicted molar refractivity (Wildman–Crippen MR) is 72.8 cm³/mol. The van der Waals surface area contributed by atoms with Crippen molar-refractivity contribution in [1.82, 2.24) is 10.6 Å². The van der Waals surface area contributed by atoms with Crippen LogP contribution in [0.15, 0.2) is 28.7 Å². The van der Waals surface area contributed by atoms with E-state index in [1.54, 1.807) is 0 Å². The van der Waals surface area contributed by atoms with E-state index in [2.05, 4.69) is 26.6 Å². The van der Waals surface area contributed by atoms with Gasteiger partial charge in [0.25, 0.3) is 0 Å². The zero-order chi connectivity index (χ0) is 13.5. The van der Waals surface area contributed by atoms with Crippen LogP contribution in [0.2, 0.25) is 0 Å². The number of rotatable bonds is 5. The summed E-state index contributed by atoms with van der Waals surface area (Å²) >= 11 is 3.42. The van der Waals surface area contributed by atoms with Crippen molar-refractivity contribution in [3.8, 4) is 0 Å². The smallest absolute Gasteiger partial charge is 0.239 e. The normalized spacial score (nSPS) is 11.7. The molecule has 1 rings (SSSR count). The van der Waals surface area contributed by atoms with Crippen molar-refractivity contribution in [3.05, 3.63) is 34.3 Å². The second-order valence-corrected chi connectivity index (χ2v) is 4.65. The highest BCUT2D eigenvalue weighted by Crippen LogP contribution is 2.22. The number of benzene rings is 1. The lowest BCUT2D eigenvalue weighted by molar-refractivity contribution is -0.125. The summed E-state index contributed by atoms with van der Waals surface area (Å²) in [6, 6.07) is 7.51. The fourth-order valence-corrected chi connectivity index (χ4v) is 2.08. The number of hydrogen-bond donors (Lipinski definition) is 3. The third-order valence-corrected chi connectivity index (χ3v) is 3.10. The van der Waals surface area contributed by atoms with E-state index < -0.39 is 0 Å². The summed E-state index contributed by atoms with van der Waals surface area (Å²) < 4.78 is 0.934. The summed E-state index contributed by atoms with van der Waals surface area (Å²) in [7, 11) is 0. The molecule has 4 N–H and O–H groups in total. The van der Waals surface area contributed by atoms with Crippen molar-refractivity contribution < 1.29 is 9.59 Å². The molecule has 6 heteroatoms. The van der Waals surface area contributed by atoms with Crippen LogP contribution in [-0.2, 0) is 9.59 Å². The molecular weight excluding hydrogens is 298 g/mol. The van der Waals surface area contributed by atoms with Crippen molar-refractivity contribution >= 4 is 27.7 Å². The Hall–Kier alpha value is -1.40. The maximum atomic E-state index is 11.6. The number of carbonyl (C=O) groups is 2. The van der Waals surface area contributed by atoms with Gasteiger partial charge in [-0.15, -0.1) is 0 Å². The molecule has 5 nitrogen and oxygen atoms in total. The van der Waals surface area contributed by atoms with Gasteiger partial charge in [-0.2, -0.15) is 0 Å². The van der Waals surface area contributed by atoms with Crippen molar-refractivity contribution in [3.63, 3.8) is 0 Å². The third kappa shape index (κ3) is 4.46. The van der Waals surface area contributed by atoms with Gasteiger partial charge in [-0.05, 0) is 18.6 Å². The SMILES string of the molecule is CC(NC(=O)CNC(=O)CN)c1ccccc1Br. The van der Waals surface area contributed by atoms with Crippen molar-refractivity contribution in [2.45, 2.75) is 13.0 Å². The lowest BCUT2D eigenvalue weighted by Crippen LogP contribution is -2.40. The van der Waals surface area contributed by atoms with E-state index in [0.29, 0.717) is 0 Å². The Bertz CT molecular complexity index is 437. The second-order valence-electron chi connectivity index (χ2n) is 3.79. The molecule has 1 unspecified atom stereocenters. The molecule has 0 fully saturated rings. The Balaban J connectivity index is 2.50. The summed E-state index contributed by atoms with van der Waals surface area (Å²) in [6.07, 6.45) is 0. The van der Waals surface area contributed by atoms with Crippen LogP contribution in [0, 0.1) is 0 Å². The number of carbonyl (C=O) groups excluding carboxylic acids is 2. The van der Waals surface area contributed by atoms with Gasteiger partial charge >= 0.3 is 0 Å². The Morgan fingerprint density at radius 1 is 1.33 bits per heavy atom. The number of halogens is 1. The minimum absolute atomic E-state index is 0.0647. The minimum atomic E-state index is -0.348. The standard InChI is InChI=1S/C12H16BrN3O2/c1-8(9-4-2-3-5-10(9)13)16-12(18)7-15-11(17)6-14/h2-5,8H,6-7,14H2,1H3,(H,15,17)(H,16,18). The van der Waals surface area contributed by atoms with Crippen LogP contribution in [0.3, 0.4) is 0 Å². The van der Waals surface area contributed by atoms with Crippen LogP contribution < -0.4 is 16.4 Å². The quantitative estimate of drug-likeness (QED) is 0.748. The molecule has 0 heterocycles. The van der Waals surface area contributed by atoms with Gasteiger partial charge in [0.15, 0.2) is 0 Å². The largest absolute Gasteiger partial charge is 0.348 e. The Labute approximate surface area is 114 Å². The average molecular weight is 314 g/mol. The number of nitrogens with two attached hydrogens (primary N) is 1. The zero-order valence-corrected chi connectivity index (χ0v) is 11.7. The van der Waals surface area contributed by atoms with Gasteiger partial charge in [-0.1, -0.05) is 34.1 Å². The van der Waals surface area contributed by atoms with E-state index in [1.165, 1.54) is 0 Å². The minimum Gasteiger partial charge on any atom is -0.348 e. The molecule has 1 atom stereocenters. The summed E-state index contributed by atoms with van der Waals surface area (Å²) in [5.74, 6) is -0.598. The molecule has 2 amide bonds. The Morgan fingerprint density at radius 3 is 2.61 bits per heavy atom. The molecule has 0 bridgehead atoms. The third-order valence-electron chi connectivity index (χ3n) is 2.38. The molecule has 0 aromatic heterocycles.